The number of amides is 1. The molecule has 0 atom stereocenters. The number of rotatable bonds is 4. The van der Waals surface area contributed by atoms with Gasteiger partial charge in [-0.2, -0.15) is 13.2 Å². The van der Waals surface area contributed by atoms with Crippen molar-refractivity contribution in [1.29, 1.82) is 0 Å². The van der Waals surface area contributed by atoms with E-state index < -0.39 is 30.5 Å². The van der Waals surface area contributed by atoms with Crippen LogP contribution in [0.2, 0.25) is 0 Å². The average Bonchev–Trinajstić information content (AvgIpc) is 2.02. The standard InChI is InChI=1S/C8H13ClF3NO/c1-7(2,5-9)6(14)13-4-3-8(10,11)12/h3-5H2,1-2H3,(H,13,14). The van der Waals surface area contributed by atoms with Crippen molar-refractivity contribution in [2.45, 2.75) is 26.4 Å². The number of carbonyl (C=O) groups is 1. The van der Waals surface area contributed by atoms with Crippen LogP contribution in [-0.2, 0) is 4.79 Å². The number of hydrogen-bond acceptors (Lipinski definition) is 1. The third kappa shape index (κ3) is 5.32. The van der Waals surface area contributed by atoms with Crippen LogP contribution in [0.5, 0.6) is 0 Å². The minimum Gasteiger partial charge on any atom is -0.355 e. The average molecular weight is 232 g/mol. The molecule has 0 saturated carbocycles. The topological polar surface area (TPSA) is 29.1 Å². The van der Waals surface area contributed by atoms with Gasteiger partial charge in [0.25, 0.3) is 0 Å². The normalized spacial score (nSPS) is 12.7. The highest BCUT2D eigenvalue weighted by Gasteiger charge is 2.29. The molecule has 0 rings (SSSR count). The third-order valence-corrected chi connectivity index (χ3v) is 2.31. The van der Waals surface area contributed by atoms with Crippen molar-refractivity contribution in [3.8, 4) is 0 Å². The zero-order valence-electron chi connectivity index (χ0n) is 8.04. The molecule has 84 valence electrons. The quantitative estimate of drug-likeness (QED) is 0.740. The van der Waals surface area contributed by atoms with Crippen LogP contribution < -0.4 is 5.32 Å². The zero-order chi connectivity index (χ0) is 11.4. The summed E-state index contributed by atoms with van der Waals surface area (Å²) in [7, 11) is 0. The number of hydrogen-bond donors (Lipinski definition) is 1. The second kappa shape index (κ2) is 4.87. The summed E-state index contributed by atoms with van der Waals surface area (Å²) < 4.78 is 35.1. The lowest BCUT2D eigenvalue weighted by atomic mass is 9.95. The van der Waals surface area contributed by atoms with Crippen LogP contribution in [0.4, 0.5) is 13.2 Å². The van der Waals surface area contributed by atoms with E-state index in [1.165, 1.54) is 0 Å². The Labute approximate surface area is 85.8 Å². The molecule has 0 aromatic rings. The van der Waals surface area contributed by atoms with E-state index in [4.69, 9.17) is 11.6 Å². The van der Waals surface area contributed by atoms with Crippen LogP contribution in [0.25, 0.3) is 0 Å². The van der Waals surface area contributed by atoms with E-state index >= 15 is 0 Å². The van der Waals surface area contributed by atoms with Gasteiger partial charge in [0.05, 0.1) is 11.8 Å². The molecule has 14 heavy (non-hydrogen) atoms. The smallest absolute Gasteiger partial charge is 0.355 e. The van der Waals surface area contributed by atoms with Gasteiger partial charge in [-0.1, -0.05) is 0 Å². The molecule has 2 nitrogen and oxygen atoms in total. The van der Waals surface area contributed by atoms with Crippen molar-refractivity contribution >= 4 is 17.5 Å². The van der Waals surface area contributed by atoms with Crippen LogP contribution in [0.15, 0.2) is 0 Å². The lowest BCUT2D eigenvalue weighted by Gasteiger charge is -2.20. The first-order valence-corrected chi connectivity index (χ1v) is 4.63. The maximum absolute atomic E-state index is 11.7. The number of carbonyl (C=O) groups excluding carboxylic acids is 1. The van der Waals surface area contributed by atoms with E-state index in [0.29, 0.717) is 0 Å². The van der Waals surface area contributed by atoms with Crippen molar-refractivity contribution in [1.82, 2.24) is 5.32 Å². The Kier molecular flexibility index (Phi) is 4.71. The van der Waals surface area contributed by atoms with E-state index in [1.807, 2.05) is 0 Å². The van der Waals surface area contributed by atoms with E-state index in [2.05, 4.69) is 5.32 Å². The number of halogens is 4. The van der Waals surface area contributed by atoms with E-state index in [9.17, 15) is 18.0 Å². The summed E-state index contributed by atoms with van der Waals surface area (Å²) in [6.07, 6.45) is -5.25. The first-order valence-electron chi connectivity index (χ1n) is 4.10. The summed E-state index contributed by atoms with van der Waals surface area (Å²) in [5, 5.41) is 2.19. The zero-order valence-corrected chi connectivity index (χ0v) is 8.80. The second-order valence-electron chi connectivity index (χ2n) is 3.64. The molecule has 0 aromatic heterocycles. The van der Waals surface area contributed by atoms with Crippen LogP contribution in [0.3, 0.4) is 0 Å². The van der Waals surface area contributed by atoms with Gasteiger partial charge in [0.15, 0.2) is 0 Å². The Balaban J connectivity index is 3.87. The SMILES string of the molecule is CC(C)(CCl)C(=O)NCCC(F)(F)F. The van der Waals surface area contributed by atoms with Gasteiger partial charge < -0.3 is 5.32 Å². The van der Waals surface area contributed by atoms with E-state index in [-0.39, 0.29) is 5.88 Å². The van der Waals surface area contributed by atoms with Crippen LogP contribution >= 0.6 is 11.6 Å². The first-order chi connectivity index (χ1) is 6.19. The van der Waals surface area contributed by atoms with Crippen LogP contribution in [0.1, 0.15) is 20.3 Å². The molecule has 6 heteroatoms. The van der Waals surface area contributed by atoms with E-state index in [1.54, 1.807) is 13.8 Å². The lowest BCUT2D eigenvalue weighted by molar-refractivity contribution is -0.137. The Morgan fingerprint density at radius 1 is 1.36 bits per heavy atom. The summed E-state index contributed by atoms with van der Waals surface area (Å²) in [4.78, 5) is 11.2. The van der Waals surface area contributed by atoms with Gasteiger partial charge in [-0.15, -0.1) is 11.6 Å². The molecule has 0 bridgehead atoms. The maximum atomic E-state index is 11.7. The van der Waals surface area contributed by atoms with Gasteiger partial charge in [0.1, 0.15) is 0 Å². The summed E-state index contributed by atoms with van der Waals surface area (Å²) in [6, 6.07) is 0. The molecular formula is C8H13ClF3NO. The first kappa shape index (κ1) is 13.5. The maximum Gasteiger partial charge on any atom is 0.390 e. The van der Waals surface area contributed by atoms with Crippen molar-refractivity contribution < 1.29 is 18.0 Å². The minimum absolute atomic E-state index is 0.0743. The van der Waals surface area contributed by atoms with Gasteiger partial charge in [-0.3, -0.25) is 4.79 Å². The number of alkyl halides is 4. The van der Waals surface area contributed by atoms with Crippen LogP contribution in [0, 0.1) is 5.41 Å². The molecule has 1 N–H and O–H groups in total. The lowest BCUT2D eigenvalue weighted by Crippen LogP contribution is -2.39. The highest BCUT2D eigenvalue weighted by molar-refractivity contribution is 6.19. The Morgan fingerprint density at radius 2 is 1.86 bits per heavy atom. The highest BCUT2D eigenvalue weighted by Crippen LogP contribution is 2.20. The van der Waals surface area contributed by atoms with E-state index in [0.717, 1.165) is 0 Å². The third-order valence-electron chi connectivity index (χ3n) is 1.64. The van der Waals surface area contributed by atoms with Gasteiger partial charge in [0.2, 0.25) is 5.91 Å². The monoisotopic (exact) mass is 231 g/mol. The van der Waals surface area contributed by atoms with Crippen molar-refractivity contribution in [2.24, 2.45) is 5.41 Å². The summed E-state index contributed by atoms with van der Waals surface area (Å²) in [5.74, 6) is -0.387. The number of nitrogens with one attached hydrogen (secondary N) is 1. The summed E-state index contributed by atoms with van der Waals surface area (Å²) >= 11 is 5.47. The molecular weight excluding hydrogens is 219 g/mol. The molecule has 0 radical (unpaired) electrons. The molecule has 0 aromatic carbocycles. The summed E-state index contributed by atoms with van der Waals surface area (Å²) in [6.45, 7) is 2.74. The fraction of sp³-hybridized carbons (Fsp3) is 0.875. The van der Waals surface area contributed by atoms with Gasteiger partial charge in [-0.05, 0) is 13.8 Å². The van der Waals surface area contributed by atoms with Crippen molar-refractivity contribution in [2.75, 3.05) is 12.4 Å². The van der Waals surface area contributed by atoms with Gasteiger partial charge in [0, 0.05) is 12.4 Å². The van der Waals surface area contributed by atoms with Crippen LogP contribution in [-0.4, -0.2) is 24.5 Å². The van der Waals surface area contributed by atoms with Crippen molar-refractivity contribution in [3.05, 3.63) is 0 Å². The molecule has 1 amide bonds. The van der Waals surface area contributed by atoms with Crippen molar-refractivity contribution in [3.63, 3.8) is 0 Å². The summed E-state index contributed by atoms with van der Waals surface area (Å²) in [5.41, 5.74) is -0.826. The second-order valence-corrected chi connectivity index (χ2v) is 3.91. The molecule has 0 aliphatic heterocycles. The predicted molar refractivity (Wildman–Crippen MR) is 48.2 cm³/mol. The molecule has 0 aliphatic carbocycles. The minimum atomic E-state index is -4.24. The molecule has 0 heterocycles. The Morgan fingerprint density at radius 3 is 2.21 bits per heavy atom. The molecule has 0 aliphatic rings. The van der Waals surface area contributed by atoms with Gasteiger partial charge in [-0.25, -0.2) is 0 Å². The molecule has 0 unspecified atom stereocenters. The molecule has 0 fully saturated rings. The fourth-order valence-corrected chi connectivity index (χ4v) is 0.739. The van der Waals surface area contributed by atoms with Gasteiger partial charge >= 0.3 is 6.18 Å². The largest absolute Gasteiger partial charge is 0.390 e. The predicted octanol–water partition coefficient (Wildman–Crippen LogP) is 2.32. The Bertz CT molecular complexity index is 203. The highest BCUT2D eigenvalue weighted by atomic mass is 35.5. The molecule has 0 saturated heterocycles. The molecule has 0 spiro atoms. The Hall–Kier alpha value is -0.450. The fourth-order valence-electron chi connectivity index (χ4n) is 0.618.